The summed E-state index contributed by atoms with van der Waals surface area (Å²) in [5, 5.41) is 1.98. The summed E-state index contributed by atoms with van der Waals surface area (Å²) in [4.78, 5) is 26.8. The molecule has 0 spiro atoms. The van der Waals surface area contributed by atoms with E-state index in [4.69, 9.17) is 4.74 Å². The second kappa shape index (κ2) is 11.2. The zero-order valence-electron chi connectivity index (χ0n) is 13.7. The van der Waals surface area contributed by atoms with Gasteiger partial charge in [-0.15, -0.1) is 11.3 Å². The summed E-state index contributed by atoms with van der Waals surface area (Å²) in [5.74, 6) is -0.131. The average Bonchev–Trinajstić information content (AvgIpc) is 2.99. The summed E-state index contributed by atoms with van der Waals surface area (Å²) in [5.41, 5.74) is 0. The molecule has 1 aromatic heterocycles. The van der Waals surface area contributed by atoms with Crippen molar-refractivity contribution < 1.29 is 14.3 Å². The fourth-order valence-electron chi connectivity index (χ4n) is 2.22. The SMILES string of the molecule is CCCCCCN(CCC(=O)OCC)C(=O)Cc1cccs1. The van der Waals surface area contributed by atoms with Crippen molar-refractivity contribution in [3.05, 3.63) is 22.4 Å². The molecule has 0 aliphatic carbocycles. The van der Waals surface area contributed by atoms with Crippen LogP contribution in [0.3, 0.4) is 0 Å². The molecule has 0 saturated carbocycles. The summed E-state index contributed by atoms with van der Waals surface area (Å²) in [7, 11) is 0. The van der Waals surface area contributed by atoms with Crippen molar-refractivity contribution in [2.75, 3.05) is 19.7 Å². The summed E-state index contributed by atoms with van der Waals surface area (Å²) in [6.07, 6.45) is 5.18. The van der Waals surface area contributed by atoms with Crippen molar-refractivity contribution in [2.24, 2.45) is 0 Å². The van der Waals surface area contributed by atoms with Crippen LogP contribution in [0.2, 0.25) is 0 Å². The van der Waals surface area contributed by atoms with Crippen LogP contribution in [0.4, 0.5) is 0 Å². The Labute approximate surface area is 137 Å². The van der Waals surface area contributed by atoms with Crippen LogP contribution in [-0.2, 0) is 20.7 Å². The van der Waals surface area contributed by atoms with Crippen molar-refractivity contribution in [3.8, 4) is 0 Å². The standard InChI is InChI=1S/C17H27NO3S/c1-3-5-6-7-11-18(12-10-17(20)21-4-2)16(19)14-15-9-8-13-22-15/h8-9,13H,3-7,10-12,14H2,1-2H3. The van der Waals surface area contributed by atoms with Gasteiger partial charge in [-0.1, -0.05) is 32.3 Å². The van der Waals surface area contributed by atoms with Crippen LogP contribution in [0, 0.1) is 0 Å². The lowest BCUT2D eigenvalue weighted by atomic mass is 10.2. The maximum atomic E-state index is 12.4. The number of unbranched alkanes of at least 4 members (excludes halogenated alkanes) is 3. The molecule has 0 aliphatic rings. The van der Waals surface area contributed by atoms with Gasteiger partial charge < -0.3 is 9.64 Å². The number of hydrogen-bond donors (Lipinski definition) is 0. The van der Waals surface area contributed by atoms with Gasteiger partial charge in [-0.3, -0.25) is 9.59 Å². The predicted octanol–water partition coefficient (Wildman–Crippen LogP) is 3.65. The fourth-order valence-corrected chi connectivity index (χ4v) is 2.92. The number of ether oxygens (including phenoxy) is 1. The molecule has 0 fully saturated rings. The second-order valence-electron chi connectivity index (χ2n) is 5.25. The molecule has 5 heteroatoms. The molecule has 0 atom stereocenters. The van der Waals surface area contributed by atoms with E-state index in [1.807, 2.05) is 22.4 Å². The summed E-state index contributed by atoms with van der Waals surface area (Å²) in [6, 6.07) is 3.93. The molecule has 0 saturated heterocycles. The molecule has 1 heterocycles. The van der Waals surface area contributed by atoms with E-state index in [9.17, 15) is 9.59 Å². The van der Waals surface area contributed by atoms with Crippen LogP contribution in [0.25, 0.3) is 0 Å². The minimum atomic E-state index is -0.231. The molecule has 22 heavy (non-hydrogen) atoms. The first-order chi connectivity index (χ1) is 10.7. The van der Waals surface area contributed by atoms with E-state index in [0.29, 0.717) is 19.6 Å². The third kappa shape index (κ3) is 7.59. The van der Waals surface area contributed by atoms with E-state index in [1.165, 1.54) is 12.8 Å². The van der Waals surface area contributed by atoms with Gasteiger partial charge in [-0.2, -0.15) is 0 Å². The van der Waals surface area contributed by atoms with E-state index >= 15 is 0 Å². The molecular weight excluding hydrogens is 298 g/mol. The Hall–Kier alpha value is -1.36. The van der Waals surface area contributed by atoms with Gasteiger partial charge in [0.2, 0.25) is 5.91 Å². The first-order valence-electron chi connectivity index (χ1n) is 8.13. The number of amides is 1. The van der Waals surface area contributed by atoms with Gasteiger partial charge in [0.1, 0.15) is 0 Å². The number of carbonyl (C=O) groups is 2. The Morgan fingerprint density at radius 3 is 2.64 bits per heavy atom. The second-order valence-corrected chi connectivity index (χ2v) is 6.28. The molecule has 1 aromatic rings. The fraction of sp³-hybridized carbons (Fsp3) is 0.647. The van der Waals surface area contributed by atoms with Crippen LogP contribution >= 0.6 is 11.3 Å². The lowest BCUT2D eigenvalue weighted by Gasteiger charge is -2.22. The first kappa shape index (κ1) is 18.7. The smallest absolute Gasteiger partial charge is 0.307 e. The summed E-state index contributed by atoms with van der Waals surface area (Å²) in [6.45, 7) is 5.53. The average molecular weight is 325 g/mol. The Kier molecular flexibility index (Phi) is 9.55. The Balaban J connectivity index is 2.48. The third-order valence-electron chi connectivity index (χ3n) is 3.43. The van der Waals surface area contributed by atoms with Crippen molar-refractivity contribution in [1.82, 2.24) is 4.90 Å². The van der Waals surface area contributed by atoms with Gasteiger partial charge in [0.05, 0.1) is 19.4 Å². The molecular formula is C17H27NO3S. The van der Waals surface area contributed by atoms with Crippen LogP contribution in [0.5, 0.6) is 0 Å². The van der Waals surface area contributed by atoms with Crippen molar-refractivity contribution in [3.63, 3.8) is 0 Å². The highest BCUT2D eigenvalue weighted by Crippen LogP contribution is 2.12. The van der Waals surface area contributed by atoms with Gasteiger partial charge in [-0.25, -0.2) is 0 Å². The lowest BCUT2D eigenvalue weighted by Crippen LogP contribution is -2.35. The normalized spacial score (nSPS) is 10.5. The molecule has 0 bridgehead atoms. The largest absolute Gasteiger partial charge is 0.466 e. The number of carbonyl (C=O) groups excluding carboxylic acids is 2. The molecule has 0 N–H and O–H groups in total. The quantitative estimate of drug-likeness (QED) is 0.461. The summed E-state index contributed by atoms with van der Waals surface area (Å²) < 4.78 is 4.95. The molecule has 0 aromatic carbocycles. The molecule has 1 rings (SSSR count). The van der Waals surface area contributed by atoms with Crippen molar-refractivity contribution >= 4 is 23.2 Å². The number of hydrogen-bond acceptors (Lipinski definition) is 4. The minimum absolute atomic E-state index is 0.100. The van der Waals surface area contributed by atoms with E-state index < -0.39 is 0 Å². The Bertz CT molecular complexity index is 431. The molecule has 124 valence electrons. The Morgan fingerprint density at radius 1 is 1.18 bits per heavy atom. The van der Waals surface area contributed by atoms with Gasteiger partial charge in [0.25, 0.3) is 0 Å². The predicted molar refractivity (Wildman–Crippen MR) is 90.0 cm³/mol. The number of rotatable bonds is 11. The van der Waals surface area contributed by atoms with Gasteiger partial charge in [0.15, 0.2) is 0 Å². The minimum Gasteiger partial charge on any atom is -0.466 e. The molecule has 4 nitrogen and oxygen atoms in total. The van der Waals surface area contributed by atoms with E-state index in [-0.39, 0.29) is 18.3 Å². The highest BCUT2D eigenvalue weighted by molar-refractivity contribution is 7.10. The highest BCUT2D eigenvalue weighted by atomic mass is 32.1. The molecule has 0 unspecified atom stereocenters. The Morgan fingerprint density at radius 2 is 2.00 bits per heavy atom. The number of thiophene rings is 1. The van der Waals surface area contributed by atoms with Crippen LogP contribution in [-0.4, -0.2) is 36.5 Å². The molecule has 0 radical (unpaired) electrons. The highest BCUT2D eigenvalue weighted by Gasteiger charge is 2.16. The van der Waals surface area contributed by atoms with Crippen molar-refractivity contribution in [2.45, 2.75) is 52.4 Å². The number of esters is 1. The molecule has 1 amide bonds. The lowest BCUT2D eigenvalue weighted by molar-refractivity contribution is -0.144. The number of nitrogens with zero attached hydrogens (tertiary/aromatic N) is 1. The topological polar surface area (TPSA) is 46.6 Å². The van der Waals surface area contributed by atoms with E-state index in [1.54, 1.807) is 18.3 Å². The monoisotopic (exact) mass is 325 g/mol. The van der Waals surface area contributed by atoms with Crippen LogP contribution in [0.1, 0.15) is 50.8 Å². The van der Waals surface area contributed by atoms with Gasteiger partial charge >= 0.3 is 5.97 Å². The zero-order valence-corrected chi connectivity index (χ0v) is 14.5. The maximum absolute atomic E-state index is 12.4. The van der Waals surface area contributed by atoms with Crippen LogP contribution in [0.15, 0.2) is 17.5 Å². The van der Waals surface area contributed by atoms with E-state index in [2.05, 4.69) is 6.92 Å². The van der Waals surface area contributed by atoms with Gasteiger partial charge in [-0.05, 0) is 24.8 Å². The third-order valence-corrected chi connectivity index (χ3v) is 4.31. The zero-order chi connectivity index (χ0) is 16.2. The van der Waals surface area contributed by atoms with Crippen LogP contribution < -0.4 is 0 Å². The summed E-state index contributed by atoms with van der Waals surface area (Å²) >= 11 is 1.59. The van der Waals surface area contributed by atoms with Crippen molar-refractivity contribution in [1.29, 1.82) is 0 Å². The van der Waals surface area contributed by atoms with E-state index in [0.717, 1.165) is 24.3 Å². The van der Waals surface area contributed by atoms with Gasteiger partial charge in [0, 0.05) is 18.0 Å². The first-order valence-corrected chi connectivity index (χ1v) is 9.01. The maximum Gasteiger partial charge on any atom is 0.307 e. The molecule has 0 aliphatic heterocycles.